The molecule has 0 amide bonds. The number of hydrogen-bond acceptors (Lipinski definition) is 3. The van der Waals surface area contributed by atoms with Crippen LogP contribution in [-0.4, -0.2) is 11.6 Å². The van der Waals surface area contributed by atoms with Gasteiger partial charge in [0.2, 0.25) is 5.30 Å². The average Bonchev–Trinajstić information content (AvgIpc) is 2.82. The van der Waals surface area contributed by atoms with E-state index in [2.05, 4.69) is 0 Å². The van der Waals surface area contributed by atoms with Crippen molar-refractivity contribution in [1.29, 1.82) is 0 Å². The quantitative estimate of drug-likeness (QED) is 0.187. The summed E-state index contributed by atoms with van der Waals surface area (Å²) in [5.74, 6) is -0.466. The number of aryl methyl sites for hydroxylation is 6. The summed E-state index contributed by atoms with van der Waals surface area (Å²) in [6.45, 7) is 11.7. The van der Waals surface area contributed by atoms with Crippen LogP contribution in [0.25, 0.3) is 0 Å². The van der Waals surface area contributed by atoms with E-state index in [1.54, 1.807) is 18.2 Å². The summed E-state index contributed by atoms with van der Waals surface area (Å²) in [5.41, 5.74) is 7.29. The van der Waals surface area contributed by atoms with Crippen molar-refractivity contribution in [2.75, 3.05) is 0 Å². The van der Waals surface area contributed by atoms with Gasteiger partial charge in [-0.15, -0.1) is 0 Å². The van der Waals surface area contributed by atoms with Crippen LogP contribution >= 0.6 is 15.8 Å². The topological polar surface area (TPSA) is 51.2 Å². The Bertz CT molecular complexity index is 1510. The highest BCUT2D eigenvalue weighted by Gasteiger charge is 2.34. The third-order valence-electron chi connectivity index (χ3n) is 6.55. The molecule has 0 radical (unpaired) electrons. The molecule has 0 N–H and O–H groups in total. The molecule has 0 aromatic heterocycles. The lowest BCUT2D eigenvalue weighted by molar-refractivity contribution is 0.100. The van der Waals surface area contributed by atoms with Gasteiger partial charge in [-0.1, -0.05) is 76.4 Å². The zero-order chi connectivity index (χ0) is 26.9. The summed E-state index contributed by atoms with van der Waals surface area (Å²) >= 11 is 0. The van der Waals surface area contributed by atoms with Gasteiger partial charge in [-0.05, 0) is 75.9 Å². The van der Waals surface area contributed by atoms with Crippen LogP contribution in [0.3, 0.4) is 0 Å². The molecular weight excluding hydrogens is 494 g/mol. The lowest BCUT2D eigenvalue weighted by Crippen LogP contribution is -2.22. The number of hydrogen-bond donors (Lipinski definition) is 0. The molecule has 3 nitrogen and oxygen atoms in total. The van der Waals surface area contributed by atoms with E-state index in [9.17, 15) is 14.2 Å². The fourth-order valence-electron chi connectivity index (χ4n) is 5.16. The Hall–Kier alpha value is -3.25. The van der Waals surface area contributed by atoms with Crippen LogP contribution in [0, 0.1) is 41.5 Å². The van der Waals surface area contributed by atoms with Crippen LogP contribution in [0.1, 0.15) is 65.2 Å². The highest BCUT2D eigenvalue weighted by atomic mass is 32.0. The van der Waals surface area contributed by atoms with Crippen molar-refractivity contribution in [2.45, 2.75) is 41.5 Å². The second-order valence-corrected chi connectivity index (χ2v) is 13.4. The van der Waals surface area contributed by atoms with Crippen LogP contribution < -0.4 is 10.6 Å². The predicted octanol–water partition coefficient (Wildman–Crippen LogP) is 7.37. The summed E-state index contributed by atoms with van der Waals surface area (Å²) in [4.78, 5) is 28.3. The van der Waals surface area contributed by atoms with Gasteiger partial charge in [-0.3, -0.25) is 9.59 Å². The summed E-state index contributed by atoms with van der Waals surface area (Å²) in [5, 5.41) is 1.39. The van der Waals surface area contributed by atoms with Gasteiger partial charge < -0.3 is 0 Å². The molecule has 2 unspecified atom stereocenters. The summed E-state index contributed by atoms with van der Waals surface area (Å²) in [7, 11) is -1.96. The maximum atomic E-state index is 14.3. The first kappa shape index (κ1) is 26.8. The fraction of sp³-hybridized carbons (Fsp3) is 0.188. The minimum Gasteiger partial charge on any atom is -0.289 e. The van der Waals surface area contributed by atoms with Gasteiger partial charge in [0.25, 0.3) is 0 Å². The second-order valence-electron chi connectivity index (χ2n) is 9.68. The molecule has 0 saturated carbocycles. The molecule has 0 aliphatic heterocycles. The Balaban J connectivity index is 1.95. The van der Waals surface area contributed by atoms with Gasteiger partial charge in [-0.2, -0.15) is 0 Å². The Morgan fingerprint density at radius 1 is 0.595 bits per heavy atom. The standard InChI is InChI=1S/C32H31O3P2/c1-19-15-21(3)28(22(4)16-19)31(33)26-13-10-14-27(37(35)36-25-11-8-7-9-12-25)30(26)32(34)29-23(5)17-20(2)18-24(29)6/h7-18,36H,1-6H3/q+1. The molecule has 186 valence electrons. The van der Waals surface area contributed by atoms with Crippen molar-refractivity contribution in [1.82, 2.24) is 0 Å². The molecule has 2 atom stereocenters. The molecule has 0 bridgehead atoms. The summed E-state index contributed by atoms with van der Waals surface area (Å²) < 4.78 is 13.8. The highest BCUT2D eigenvalue weighted by Crippen LogP contribution is 2.44. The predicted molar refractivity (Wildman–Crippen MR) is 156 cm³/mol. The minimum absolute atomic E-state index is 0.00924. The number of carbonyl (C=O) groups excluding carboxylic acids is 2. The molecule has 0 saturated heterocycles. The van der Waals surface area contributed by atoms with E-state index < -0.39 is 7.49 Å². The maximum absolute atomic E-state index is 14.3. The van der Waals surface area contributed by atoms with Crippen molar-refractivity contribution >= 4 is 37.9 Å². The van der Waals surface area contributed by atoms with Crippen LogP contribution in [0.4, 0.5) is 0 Å². The van der Waals surface area contributed by atoms with Gasteiger partial charge in [0.1, 0.15) is 0 Å². The Labute approximate surface area is 221 Å². The van der Waals surface area contributed by atoms with Gasteiger partial charge in [0.15, 0.2) is 19.8 Å². The molecule has 0 heterocycles. The SMILES string of the molecule is Cc1cc(C)c(C(=O)c2cccc([P+](=O)Pc3ccccc3)c2C(=O)c2c(C)cc(C)cc2C)c(C)c1. The molecular formula is C32H31O3P2+. The van der Waals surface area contributed by atoms with E-state index in [0.29, 0.717) is 22.0 Å². The van der Waals surface area contributed by atoms with E-state index in [0.717, 1.165) is 38.7 Å². The van der Waals surface area contributed by atoms with E-state index in [-0.39, 0.29) is 25.4 Å². The van der Waals surface area contributed by atoms with Crippen molar-refractivity contribution in [3.63, 3.8) is 0 Å². The largest absolute Gasteiger partial charge is 0.395 e. The average molecular weight is 526 g/mol. The zero-order valence-corrected chi connectivity index (χ0v) is 24.0. The van der Waals surface area contributed by atoms with Gasteiger partial charge in [-0.25, -0.2) is 0 Å². The molecule has 4 rings (SSSR count). The third-order valence-corrected chi connectivity index (χ3v) is 10.3. The van der Waals surface area contributed by atoms with E-state index >= 15 is 0 Å². The molecule has 0 aliphatic rings. The van der Waals surface area contributed by atoms with E-state index in [4.69, 9.17) is 0 Å². The Morgan fingerprint density at radius 2 is 1.08 bits per heavy atom. The molecule has 5 heteroatoms. The fourth-order valence-corrected chi connectivity index (χ4v) is 8.58. The van der Waals surface area contributed by atoms with Crippen LogP contribution in [0.15, 0.2) is 72.8 Å². The van der Waals surface area contributed by atoms with Crippen LogP contribution in [0.2, 0.25) is 0 Å². The number of carbonyl (C=O) groups is 2. The molecule has 4 aromatic carbocycles. The second kappa shape index (κ2) is 11.0. The molecule has 0 aliphatic carbocycles. The lowest BCUT2D eigenvalue weighted by Gasteiger charge is -2.15. The zero-order valence-electron chi connectivity index (χ0n) is 22.1. The van der Waals surface area contributed by atoms with E-state index in [1.165, 1.54) is 0 Å². The number of rotatable bonds is 7. The first-order valence-corrected chi connectivity index (χ1v) is 15.4. The lowest BCUT2D eigenvalue weighted by atomic mass is 9.87. The van der Waals surface area contributed by atoms with Crippen molar-refractivity contribution in [2.24, 2.45) is 0 Å². The molecule has 4 aromatic rings. The number of benzene rings is 4. The Morgan fingerprint density at radius 3 is 1.59 bits per heavy atom. The normalized spacial score (nSPS) is 11.7. The minimum atomic E-state index is -1.95. The smallest absolute Gasteiger partial charge is 0.289 e. The molecule has 37 heavy (non-hydrogen) atoms. The van der Waals surface area contributed by atoms with E-state index in [1.807, 2.05) is 96.1 Å². The monoisotopic (exact) mass is 525 g/mol. The van der Waals surface area contributed by atoms with Gasteiger partial charge >= 0.3 is 7.49 Å². The summed E-state index contributed by atoms with van der Waals surface area (Å²) in [6.07, 6.45) is 0. The number of ketones is 2. The van der Waals surface area contributed by atoms with Gasteiger partial charge in [0, 0.05) is 22.0 Å². The maximum Gasteiger partial charge on any atom is 0.395 e. The van der Waals surface area contributed by atoms with Crippen molar-refractivity contribution < 1.29 is 14.2 Å². The van der Waals surface area contributed by atoms with Crippen LogP contribution in [-0.2, 0) is 4.57 Å². The molecule has 0 spiro atoms. The molecule has 0 fully saturated rings. The highest BCUT2D eigenvalue weighted by molar-refractivity contribution is 8.21. The first-order valence-electron chi connectivity index (χ1n) is 12.3. The van der Waals surface area contributed by atoms with Crippen LogP contribution in [0.5, 0.6) is 0 Å². The third kappa shape index (κ3) is 5.54. The first-order chi connectivity index (χ1) is 17.6. The van der Waals surface area contributed by atoms with Gasteiger partial charge in [0.05, 0.1) is 5.56 Å². The van der Waals surface area contributed by atoms with Crippen molar-refractivity contribution in [3.05, 3.63) is 128 Å². The Kier molecular flexibility index (Phi) is 7.98. The summed E-state index contributed by atoms with van der Waals surface area (Å²) in [6, 6.07) is 22.7. The van der Waals surface area contributed by atoms with Crippen molar-refractivity contribution in [3.8, 4) is 0 Å².